The Labute approximate surface area is 112 Å². The quantitative estimate of drug-likeness (QED) is 0.876. The van der Waals surface area contributed by atoms with Crippen molar-refractivity contribution in [2.45, 2.75) is 0 Å². The van der Waals surface area contributed by atoms with Crippen molar-refractivity contribution < 1.29 is 9.53 Å². The zero-order valence-electron chi connectivity index (χ0n) is 9.42. The second-order valence-corrected chi connectivity index (χ2v) is 4.21. The van der Waals surface area contributed by atoms with Gasteiger partial charge in [-0.2, -0.15) is 0 Å². The Balaban J connectivity index is 2.13. The molecule has 18 heavy (non-hydrogen) atoms. The highest BCUT2D eigenvalue weighted by Gasteiger charge is 2.07. The molecule has 0 fully saturated rings. The molecule has 0 amide bonds. The van der Waals surface area contributed by atoms with Gasteiger partial charge in [-0.05, 0) is 22.0 Å². The molecule has 0 saturated heterocycles. The predicted octanol–water partition coefficient (Wildman–Crippen LogP) is 2.16. The van der Waals surface area contributed by atoms with Crippen LogP contribution >= 0.6 is 15.9 Å². The molecule has 0 aliphatic rings. The number of ether oxygens (including phenoxy) is 1. The van der Waals surface area contributed by atoms with Crippen molar-refractivity contribution in [3.63, 3.8) is 0 Å². The van der Waals surface area contributed by atoms with E-state index < -0.39 is 5.97 Å². The maximum Gasteiger partial charge on any atom is 0.358 e. The van der Waals surface area contributed by atoms with Gasteiger partial charge in [0.05, 0.1) is 31.4 Å². The molecule has 1 N–H and O–H groups in total. The minimum absolute atomic E-state index is 0.162. The van der Waals surface area contributed by atoms with Crippen LogP contribution in [0.15, 0.2) is 35.3 Å². The van der Waals surface area contributed by atoms with Gasteiger partial charge < -0.3 is 10.1 Å². The van der Waals surface area contributed by atoms with Crippen molar-refractivity contribution in [3.8, 4) is 0 Å². The summed E-state index contributed by atoms with van der Waals surface area (Å²) in [5.74, 6) is 0.000672. The molecule has 92 valence electrons. The van der Waals surface area contributed by atoms with Crippen molar-refractivity contribution in [1.82, 2.24) is 15.0 Å². The molecule has 0 radical (unpaired) electrons. The third-order valence-electron chi connectivity index (χ3n) is 2.02. The monoisotopic (exact) mass is 308 g/mol. The number of pyridine rings is 1. The lowest BCUT2D eigenvalue weighted by Crippen LogP contribution is -2.05. The third kappa shape index (κ3) is 3.01. The molecule has 2 aromatic heterocycles. The van der Waals surface area contributed by atoms with Gasteiger partial charge in [-0.1, -0.05) is 0 Å². The third-order valence-corrected chi connectivity index (χ3v) is 2.46. The number of esters is 1. The summed E-state index contributed by atoms with van der Waals surface area (Å²) in [6.07, 6.45) is 6.13. The molecule has 6 nitrogen and oxygen atoms in total. The van der Waals surface area contributed by atoms with Crippen molar-refractivity contribution in [2.75, 3.05) is 12.4 Å². The number of methoxy groups -OCH3 is 1. The average molecular weight is 309 g/mol. The highest BCUT2D eigenvalue weighted by Crippen LogP contribution is 2.17. The van der Waals surface area contributed by atoms with E-state index in [1.165, 1.54) is 19.5 Å². The number of halogens is 1. The van der Waals surface area contributed by atoms with E-state index in [0.717, 1.165) is 10.2 Å². The molecule has 0 aliphatic heterocycles. The van der Waals surface area contributed by atoms with Crippen LogP contribution in [0.2, 0.25) is 0 Å². The minimum Gasteiger partial charge on any atom is -0.464 e. The van der Waals surface area contributed by atoms with Crippen LogP contribution in [0.25, 0.3) is 0 Å². The molecule has 2 aromatic rings. The Morgan fingerprint density at radius 3 is 2.72 bits per heavy atom. The summed E-state index contributed by atoms with van der Waals surface area (Å²) >= 11 is 3.32. The number of rotatable bonds is 3. The van der Waals surface area contributed by atoms with Crippen LogP contribution in [0.4, 0.5) is 11.5 Å². The lowest BCUT2D eigenvalue weighted by Gasteiger charge is -2.05. The predicted molar refractivity (Wildman–Crippen MR) is 68.6 cm³/mol. The highest BCUT2D eigenvalue weighted by molar-refractivity contribution is 9.10. The van der Waals surface area contributed by atoms with Crippen LogP contribution in [-0.2, 0) is 4.74 Å². The van der Waals surface area contributed by atoms with E-state index in [9.17, 15) is 4.79 Å². The Morgan fingerprint density at radius 1 is 1.28 bits per heavy atom. The maximum atomic E-state index is 11.2. The number of hydrogen-bond donors (Lipinski definition) is 1. The molecule has 2 heterocycles. The molecule has 0 spiro atoms. The molecular formula is C11H9BrN4O2. The smallest absolute Gasteiger partial charge is 0.358 e. The van der Waals surface area contributed by atoms with E-state index in [0.29, 0.717) is 5.82 Å². The fourth-order valence-electron chi connectivity index (χ4n) is 1.23. The molecule has 0 aliphatic carbocycles. The molecule has 0 bridgehead atoms. The number of carbonyl (C=O) groups excluding carboxylic acids is 1. The van der Waals surface area contributed by atoms with Crippen LogP contribution in [0.5, 0.6) is 0 Å². The van der Waals surface area contributed by atoms with Crippen LogP contribution < -0.4 is 5.32 Å². The van der Waals surface area contributed by atoms with E-state index >= 15 is 0 Å². The standard InChI is InChI=1S/C11H9BrN4O2/c1-18-11(17)9-5-15-10(6-14-9)16-8-2-7(12)3-13-4-8/h2-6H,1H3,(H,15,16). The topological polar surface area (TPSA) is 77.0 Å². The SMILES string of the molecule is COC(=O)c1cnc(Nc2cncc(Br)c2)cn1. The first-order valence-electron chi connectivity index (χ1n) is 4.97. The van der Waals surface area contributed by atoms with Gasteiger partial charge in [-0.15, -0.1) is 0 Å². The van der Waals surface area contributed by atoms with Crippen LogP contribution in [0.1, 0.15) is 10.5 Å². The van der Waals surface area contributed by atoms with Gasteiger partial charge in [0.2, 0.25) is 0 Å². The second-order valence-electron chi connectivity index (χ2n) is 3.30. The van der Waals surface area contributed by atoms with Gasteiger partial charge >= 0.3 is 5.97 Å². The van der Waals surface area contributed by atoms with Crippen molar-refractivity contribution in [3.05, 3.63) is 41.0 Å². The van der Waals surface area contributed by atoms with E-state index in [1.54, 1.807) is 12.4 Å². The zero-order chi connectivity index (χ0) is 13.0. The summed E-state index contributed by atoms with van der Waals surface area (Å²) in [5.41, 5.74) is 0.930. The summed E-state index contributed by atoms with van der Waals surface area (Å²) in [5, 5.41) is 3.01. The van der Waals surface area contributed by atoms with Gasteiger partial charge in [-0.3, -0.25) is 4.98 Å². The fourth-order valence-corrected chi connectivity index (χ4v) is 1.60. The molecule has 0 unspecified atom stereocenters. The van der Waals surface area contributed by atoms with E-state index in [2.05, 4.69) is 40.9 Å². The minimum atomic E-state index is -0.516. The Bertz CT molecular complexity index is 559. The average Bonchev–Trinajstić information content (AvgIpc) is 2.39. The van der Waals surface area contributed by atoms with Crippen molar-refractivity contribution >= 4 is 33.4 Å². The first-order valence-corrected chi connectivity index (χ1v) is 5.76. The van der Waals surface area contributed by atoms with Crippen LogP contribution in [0.3, 0.4) is 0 Å². The Kier molecular flexibility index (Phi) is 3.83. The van der Waals surface area contributed by atoms with E-state index in [-0.39, 0.29) is 5.69 Å². The van der Waals surface area contributed by atoms with Gasteiger partial charge in [0.1, 0.15) is 5.82 Å². The summed E-state index contributed by atoms with van der Waals surface area (Å²) in [6.45, 7) is 0. The van der Waals surface area contributed by atoms with Crippen molar-refractivity contribution in [1.29, 1.82) is 0 Å². The van der Waals surface area contributed by atoms with Gasteiger partial charge in [0.25, 0.3) is 0 Å². The Hall–Kier alpha value is -2.02. The number of anilines is 2. The normalized spacial score (nSPS) is 9.89. The molecule has 7 heteroatoms. The number of nitrogens with zero attached hydrogens (tertiary/aromatic N) is 3. The Morgan fingerprint density at radius 2 is 2.11 bits per heavy atom. The van der Waals surface area contributed by atoms with E-state index in [1.807, 2.05) is 6.07 Å². The molecule has 0 aromatic carbocycles. The zero-order valence-corrected chi connectivity index (χ0v) is 11.0. The molecule has 2 rings (SSSR count). The summed E-state index contributed by atoms with van der Waals surface area (Å²) in [7, 11) is 1.29. The van der Waals surface area contributed by atoms with Gasteiger partial charge in [0, 0.05) is 10.7 Å². The molecule has 0 saturated carbocycles. The number of nitrogens with one attached hydrogen (secondary N) is 1. The largest absolute Gasteiger partial charge is 0.464 e. The summed E-state index contributed by atoms with van der Waals surface area (Å²) in [6, 6.07) is 1.85. The lowest BCUT2D eigenvalue weighted by atomic mass is 10.4. The van der Waals surface area contributed by atoms with E-state index in [4.69, 9.17) is 0 Å². The second kappa shape index (κ2) is 5.54. The van der Waals surface area contributed by atoms with Crippen molar-refractivity contribution in [2.24, 2.45) is 0 Å². The van der Waals surface area contributed by atoms with Crippen LogP contribution in [0, 0.1) is 0 Å². The lowest BCUT2D eigenvalue weighted by molar-refractivity contribution is 0.0593. The molecule has 0 atom stereocenters. The number of aromatic nitrogens is 3. The molecular weight excluding hydrogens is 300 g/mol. The van der Waals surface area contributed by atoms with Gasteiger partial charge in [-0.25, -0.2) is 14.8 Å². The first-order chi connectivity index (χ1) is 8.69. The highest BCUT2D eigenvalue weighted by atomic mass is 79.9. The number of carbonyl (C=O) groups is 1. The first kappa shape index (κ1) is 12.4. The summed E-state index contributed by atoms with van der Waals surface area (Å²) in [4.78, 5) is 23.2. The maximum absolute atomic E-state index is 11.2. The summed E-state index contributed by atoms with van der Waals surface area (Å²) < 4.78 is 5.39. The number of hydrogen-bond acceptors (Lipinski definition) is 6. The fraction of sp³-hybridized carbons (Fsp3) is 0.0909. The van der Waals surface area contributed by atoms with Crippen LogP contribution in [-0.4, -0.2) is 28.0 Å². The van der Waals surface area contributed by atoms with Gasteiger partial charge in [0.15, 0.2) is 5.69 Å².